The molecule has 4 aromatic rings. The maximum absolute atomic E-state index is 13.9. The maximum atomic E-state index is 13.9. The number of carbonyl (C=O) groups excluding carboxylic acids is 2. The number of nitrogens with zero attached hydrogens (tertiary/aromatic N) is 2. The van der Waals surface area contributed by atoms with Gasteiger partial charge in [0, 0.05) is 24.0 Å². The molecule has 5 rings (SSSR count). The van der Waals surface area contributed by atoms with E-state index in [1.54, 1.807) is 4.90 Å². The molecule has 0 aliphatic carbocycles. The number of carbonyl (C=O) groups is 2. The molecule has 0 saturated heterocycles. The molecule has 0 spiro atoms. The molecule has 3 aromatic carbocycles. The molecule has 1 aliphatic rings. The average Bonchev–Trinajstić information content (AvgIpc) is 3.24. The summed E-state index contributed by atoms with van der Waals surface area (Å²) in [5.41, 5.74) is 2.76. The van der Waals surface area contributed by atoms with E-state index in [1.165, 1.54) is 0 Å². The minimum Gasteiger partial charge on any atom is -0.350 e. The average molecular weight is 452 g/mol. The summed E-state index contributed by atoms with van der Waals surface area (Å²) in [6.45, 7) is 5.28. The van der Waals surface area contributed by atoms with Crippen LogP contribution in [0.5, 0.6) is 0 Å². The van der Waals surface area contributed by atoms with Crippen molar-refractivity contribution < 1.29 is 9.59 Å². The van der Waals surface area contributed by atoms with Crippen LogP contribution in [0.25, 0.3) is 10.9 Å². The lowest BCUT2D eigenvalue weighted by atomic mass is 9.91. The maximum Gasteiger partial charge on any atom is 0.271 e. The van der Waals surface area contributed by atoms with Crippen molar-refractivity contribution in [1.82, 2.24) is 14.8 Å². The number of benzene rings is 3. The van der Waals surface area contributed by atoms with E-state index in [2.05, 4.69) is 24.4 Å². The van der Waals surface area contributed by atoms with Gasteiger partial charge in [0.25, 0.3) is 5.91 Å². The predicted octanol–water partition coefficient (Wildman–Crippen LogP) is 4.98. The summed E-state index contributed by atoms with van der Waals surface area (Å²) < 4.78 is 2.00. The van der Waals surface area contributed by atoms with E-state index in [-0.39, 0.29) is 17.7 Å². The first kappa shape index (κ1) is 22.0. The van der Waals surface area contributed by atoms with Gasteiger partial charge in [-0.2, -0.15) is 0 Å². The topological polar surface area (TPSA) is 54.3 Å². The number of para-hydroxylation sites is 1. The molecular formula is C29H29N3O2. The number of hydrogen-bond acceptors (Lipinski definition) is 2. The second-order valence-corrected chi connectivity index (χ2v) is 9.34. The highest BCUT2D eigenvalue weighted by molar-refractivity contribution is 6.03. The Hall–Kier alpha value is -3.86. The monoisotopic (exact) mass is 451 g/mol. The van der Waals surface area contributed by atoms with Gasteiger partial charge in [0.2, 0.25) is 5.91 Å². The SMILES string of the molecule is C[C@H](CN1C(=O)c2cc3ccccc3n2C[C@]1(C)C(=O)NCc1ccccc1)c1ccccc1. The summed E-state index contributed by atoms with van der Waals surface area (Å²) in [4.78, 5) is 29.4. The van der Waals surface area contributed by atoms with Crippen LogP contribution in [0.2, 0.25) is 0 Å². The lowest BCUT2D eigenvalue weighted by Gasteiger charge is -2.45. The third-order valence-electron chi connectivity index (χ3n) is 6.95. The highest BCUT2D eigenvalue weighted by Crippen LogP contribution is 2.34. The Morgan fingerprint density at radius 2 is 1.62 bits per heavy atom. The standard InChI is InChI=1S/C29H29N3O2/c1-21(23-13-7-4-8-14-23)19-32-27(33)26-17-24-15-9-10-16-25(24)31(26)20-29(32,2)28(34)30-18-22-11-5-3-6-12-22/h3-17,21H,18-20H2,1-2H3,(H,30,34)/t21-,29-/m1/s1. The van der Waals surface area contributed by atoms with Crippen molar-refractivity contribution >= 4 is 22.7 Å². The van der Waals surface area contributed by atoms with Gasteiger partial charge in [0.15, 0.2) is 0 Å². The van der Waals surface area contributed by atoms with Crippen LogP contribution in [-0.2, 0) is 17.9 Å². The van der Waals surface area contributed by atoms with Crippen molar-refractivity contribution in [3.8, 4) is 0 Å². The molecule has 2 atom stereocenters. The summed E-state index contributed by atoms with van der Waals surface area (Å²) in [5, 5.41) is 4.11. The van der Waals surface area contributed by atoms with Crippen LogP contribution in [0, 0.1) is 0 Å². The van der Waals surface area contributed by atoms with Crippen molar-refractivity contribution in [2.24, 2.45) is 0 Å². The summed E-state index contributed by atoms with van der Waals surface area (Å²) in [6, 6.07) is 29.9. The van der Waals surface area contributed by atoms with E-state index >= 15 is 0 Å². The molecule has 5 nitrogen and oxygen atoms in total. The molecule has 1 aliphatic heterocycles. The van der Waals surface area contributed by atoms with Crippen LogP contribution in [0.3, 0.4) is 0 Å². The molecule has 5 heteroatoms. The molecule has 0 fully saturated rings. The molecule has 1 N–H and O–H groups in total. The number of aromatic nitrogens is 1. The predicted molar refractivity (Wildman–Crippen MR) is 135 cm³/mol. The van der Waals surface area contributed by atoms with E-state index < -0.39 is 5.54 Å². The Bertz CT molecular complexity index is 1330. The lowest BCUT2D eigenvalue weighted by Crippen LogP contribution is -2.64. The van der Waals surface area contributed by atoms with Gasteiger partial charge in [-0.15, -0.1) is 0 Å². The van der Waals surface area contributed by atoms with Gasteiger partial charge < -0.3 is 14.8 Å². The van der Waals surface area contributed by atoms with Crippen LogP contribution in [0.1, 0.15) is 41.4 Å². The number of nitrogens with one attached hydrogen (secondary N) is 1. The van der Waals surface area contributed by atoms with Gasteiger partial charge in [-0.05, 0) is 36.1 Å². The zero-order valence-corrected chi connectivity index (χ0v) is 19.6. The zero-order valence-electron chi connectivity index (χ0n) is 19.6. The molecule has 0 unspecified atom stereocenters. The molecule has 1 aromatic heterocycles. The van der Waals surface area contributed by atoms with Crippen molar-refractivity contribution in [3.05, 3.63) is 108 Å². The van der Waals surface area contributed by atoms with Crippen LogP contribution in [0.4, 0.5) is 0 Å². The molecule has 2 amide bonds. The van der Waals surface area contributed by atoms with Crippen molar-refractivity contribution in [3.63, 3.8) is 0 Å². The van der Waals surface area contributed by atoms with Gasteiger partial charge in [-0.25, -0.2) is 0 Å². The van der Waals surface area contributed by atoms with E-state index in [0.717, 1.165) is 22.0 Å². The Kier molecular flexibility index (Phi) is 5.70. The first-order valence-electron chi connectivity index (χ1n) is 11.7. The third-order valence-corrected chi connectivity index (χ3v) is 6.95. The van der Waals surface area contributed by atoms with Crippen molar-refractivity contribution in [1.29, 1.82) is 0 Å². The van der Waals surface area contributed by atoms with Gasteiger partial charge >= 0.3 is 0 Å². The van der Waals surface area contributed by atoms with Gasteiger partial charge in [0.05, 0.1) is 6.54 Å². The van der Waals surface area contributed by atoms with Crippen LogP contribution in [0.15, 0.2) is 91.0 Å². The zero-order chi connectivity index (χ0) is 23.7. The quantitative estimate of drug-likeness (QED) is 0.450. The van der Waals surface area contributed by atoms with Crippen LogP contribution >= 0.6 is 0 Å². The van der Waals surface area contributed by atoms with E-state index in [1.807, 2.05) is 90.4 Å². The van der Waals surface area contributed by atoms with Gasteiger partial charge in [-0.3, -0.25) is 9.59 Å². The molecule has 2 heterocycles. The Morgan fingerprint density at radius 3 is 2.35 bits per heavy atom. The number of amides is 2. The molecule has 172 valence electrons. The molecular weight excluding hydrogens is 422 g/mol. The largest absolute Gasteiger partial charge is 0.350 e. The smallest absolute Gasteiger partial charge is 0.271 e. The van der Waals surface area contributed by atoms with Crippen LogP contribution < -0.4 is 5.32 Å². The number of rotatable bonds is 6. The summed E-state index contributed by atoms with van der Waals surface area (Å²) in [6.07, 6.45) is 0. The molecule has 0 bridgehead atoms. The highest BCUT2D eigenvalue weighted by atomic mass is 16.2. The fourth-order valence-corrected chi connectivity index (χ4v) is 4.92. The first-order chi connectivity index (χ1) is 16.5. The molecule has 0 radical (unpaired) electrons. The van der Waals surface area contributed by atoms with E-state index in [0.29, 0.717) is 25.3 Å². The van der Waals surface area contributed by atoms with E-state index in [4.69, 9.17) is 0 Å². The van der Waals surface area contributed by atoms with Crippen molar-refractivity contribution in [2.45, 2.75) is 38.4 Å². The Labute approximate surface area is 200 Å². The van der Waals surface area contributed by atoms with Crippen LogP contribution in [-0.4, -0.2) is 33.4 Å². The molecule has 34 heavy (non-hydrogen) atoms. The van der Waals surface area contributed by atoms with Gasteiger partial charge in [-0.1, -0.05) is 85.8 Å². The Balaban J connectivity index is 1.51. The number of fused-ring (bicyclic) bond motifs is 3. The Morgan fingerprint density at radius 1 is 0.971 bits per heavy atom. The summed E-state index contributed by atoms with van der Waals surface area (Å²) in [7, 11) is 0. The second kappa shape index (κ2) is 8.82. The molecule has 0 saturated carbocycles. The first-order valence-corrected chi connectivity index (χ1v) is 11.7. The minimum absolute atomic E-state index is 0.0855. The second-order valence-electron chi connectivity index (χ2n) is 9.34. The minimum atomic E-state index is -1.02. The normalized spacial score (nSPS) is 18.5. The summed E-state index contributed by atoms with van der Waals surface area (Å²) >= 11 is 0. The third kappa shape index (κ3) is 3.87. The lowest BCUT2D eigenvalue weighted by molar-refractivity contribution is -0.133. The number of hydrogen-bond donors (Lipinski definition) is 1. The van der Waals surface area contributed by atoms with Crippen molar-refractivity contribution in [2.75, 3.05) is 6.54 Å². The fourth-order valence-electron chi connectivity index (χ4n) is 4.92. The highest BCUT2D eigenvalue weighted by Gasteiger charge is 2.48. The summed E-state index contributed by atoms with van der Waals surface area (Å²) in [5.74, 6) is -0.168. The fraction of sp³-hybridized carbons (Fsp3) is 0.241. The van der Waals surface area contributed by atoms with Gasteiger partial charge in [0.1, 0.15) is 11.2 Å². The van der Waals surface area contributed by atoms with E-state index in [9.17, 15) is 9.59 Å².